The first kappa shape index (κ1) is 20.9. The van der Waals surface area contributed by atoms with Gasteiger partial charge in [0.05, 0.1) is 12.2 Å². The summed E-state index contributed by atoms with van der Waals surface area (Å²) in [4.78, 5) is 14.6. The van der Waals surface area contributed by atoms with Crippen molar-refractivity contribution in [2.45, 2.75) is 61.1 Å². The molecule has 0 atom stereocenters. The van der Waals surface area contributed by atoms with Gasteiger partial charge in [0.25, 0.3) is 0 Å². The quantitative estimate of drug-likeness (QED) is 0.662. The van der Waals surface area contributed by atoms with Crippen molar-refractivity contribution in [2.75, 3.05) is 6.54 Å². The summed E-state index contributed by atoms with van der Waals surface area (Å²) < 4.78 is 2.01. The second-order valence-corrected chi connectivity index (χ2v) is 8.04. The van der Waals surface area contributed by atoms with Crippen LogP contribution in [0.25, 0.3) is 6.08 Å². The molecule has 2 rings (SSSR count). The van der Waals surface area contributed by atoms with E-state index in [4.69, 9.17) is 0 Å². The third kappa shape index (κ3) is 5.56. The predicted octanol–water partition coefficient (Wildman–Crippen LogP) is 4.76. The van der Waals surface area contributed by atoms with E-state index >= 15 is 0 Å². The minimum atomic E-state index is 0.0591. The highest BCUT2D eigenvalue weighted by atomic mass is 16.2. The smallest absolute Gasteiger partial charge is 0.246 e. The maximum atomic E-state index is 12.7. The average molecular weight is 368 g/mol. The Balaban J connectivity index is 2.18. The SMILES string of the molecule is Cc1ccc(Cn2nc(C)c(/C=C/C(=O)N(CC(C)C)C(C)C)c2C)cc1. The van der Waals surface area contributed by atoms with E-state index in [2.05, 4.69) is 70.9 Å². The first-order chi connectivity index (χ1) is 12.7. The molecule has 0 radical (unpaired) electrons. The molecule has 0 unspecified atom stereocenters. The Morgan fingerprint density at radius 1 is 1.11 bits per heavy atom. The van der Waals surface area contributed by atoms with Gasteiger partial charge < -0.3 is 4.90 Å². The Morgan fingerprint density at radius 3 is 2.30 bits per heavy atom. The lowest BCUT2D eigenvalue weighted by atomic mass is 10.1. The van der Waals surface area contributed by atoms with Crippen molar-refractivity contribution in [3.05, 3.63) is 58.4 Å². The van der Waals surface area contributed by atoms with Crippen LogP contribution in [0.4, 0.5) is 0 Å². The molecule has 0 spiro atoms. The Kier molecular flexibility index (Phi) is 7.00. The number of aromatic nitrogens is 2. The molecule has 2 aromatic rings. The largest absolute Gasteiger partial charge is 0.336 e. The van der Waals surface area contributed by atoms with Crippen LogP contribution in [0, 0.1) is 26.7 Å². The average Bonchev–Trinajstić information content (AvgIpc) is 2.85. The first-order valence-corrected chi connectivity index (χ1v) is 9.77. The van der Waals surface area contributed by atoms with E-state index in [1.54, 1.807) is 6.08 Å². The van der Waals surface area contributed by atoms with Crippen molar-refractivity contribution in [3.8, 4) is 0 Å². The van der Waals surface area contributed by atoms with E-state index in [0.29, 0.717) is 5.92 Å². The molecule has 0 N–H and O–H groups in total. The summed E-state index contributed by atoms with van der Waals surface area (Å²) in [7, 11) is 0. The first-order valence-electron chi connectivity index (χ1n) is 9.77. The van der Waals surface area contributed by atoms with Crippen molar-refractivity contribution in [1.82, 2.24) is 14.7 Å². The van der Waals surface area contributed by atoms with Gasteiger partial charge in [-0.2, -0.15) is 5.10 Å². The van der Waals surface area contributed by atoms with Crippen LogP contribution in [0.3, 0.4) is 0 Å². The maximum Gasteiger partial charge on any atom is 0.246 e. The van der Waals surface area contributed by atoms with Crippen LogP contribution in [-0.4, -0.2) is 33.2 Å². The number of aryl methyl sites for hydroxylation is 2. The third-order valence-electron chi connectivity index (χ3n) is 4.75. The minimum Gasteiger partial charge on any atom is -0.336 e. The van der Waals surface area contributed by atoms with Gasteiger partial charge in [0.2, 0.25) is 5.91 Å². The summed E-state index contributed by atoms with van der Waals surface area (Å²) in [5.41, 5.74) is 5.54. The van der Waals surface area contributed by atoms with Crippen molar-refractivity contribution >= 4 is 12.0 Å². The molecule has 0 saturated heterocycles. The van der Waals surface area contributed by atoms with E-state index in [0.717, 1.165) is 30.0 Å². The summed E-state index contributed by atoms with van der Waals surface area (Å²) in [5.74, 6) is 0.509. The zero-order valence-corrected chi connectivity index (χ0v) is 17.8. The van der Waals surface area contributed by atoms with Crippen LogP contribution in [0.15, 0.2) is 30.3 Å². The molecule has 1 amide bonds. The van der Waals surface area contributed by atoms with Crippen molar-refractivity contribution in [1.29, 1.82) is 0 Å². The number of amides is 1. The van der Waals surface area contributed by atoms with Crippen LogP contribution in [0.5, 0.6) is 0 Å². The molecule has 0 bridgehead atoms. The van der Waals surface area contributed by atoms with Crippen LogP contribution in [-0.2, 0) is 11.3 Å². The lowest BCUT2D eigenvalue weighted by Gasteiger charge is -2.27. The summed E-state index contributed by atoms with van der Waals surface area (Å²) >= 11 is 0. The number of carbonyl (C=O) groups is 1. The monoisotopic (exact) mass is 367 g/mol. The van der Waals surface area contributed by atoms with Gasteiger partial charge in [0, 0.05) is 29.9 Å². The Hall–Kier alpha value is -2.36. The molecule has 1 heterocycles. The Bertz CT molecular complexity index is 798. The lowest BCUT2D eigenvalue weighted by molar-refractivity contribution is -0.128. The van der Waals surface area contributed by atoms with Gasteiger partial charge in [-0.3, -0.25) is 9.48 Å². The molecule has 1 aromatic carbocycles. The number of rotatable bonds is 7. The summed E-state index contributed by atoms with van der Waals surface area (Å²) in [6.07, 6.45) is 3.61. The highest BCUT2D eigenvalue weighted by Gasteiger charge is 2.16. The third-order valence-corrected chi connectivity index (χ3v) is 4.75. The molecular weight excluding hydrogens is 334 g/mol. The summed E-state index contributed by atoms with van der Waals surface area (Å²) in [5, 5.41) is 4.67. The van der Waals surface area contributed by atoms with Gasteiger partial charge in [-0.1, -0.05) is 43.7 Å². The van der Waals surface area contributed by atoms with Crippen LogP contribution in [0.2, 0.25) is 0 Å². The van der Waals surface area contributed by atoms with E-state index < -0.39 is 0 Å². The Morgan fingerprint density at radius 2 is 1.74 bits per heavy atom. The van der Waals surface area contributed by atoms with Crippen LogP contribution < -0.4 is 0 Å². The zero-order valence-electron chi connectivity index (χ0n) is 17.8. The maximum absolute atomic E-state index is 12.7. The van der Waals surface area contributed by atoms with E-state index in [9.17, 15) is 4.79 Å². The van der Waals surface area contributed by atoms with Gasteiger partial charge in [0.1, 0.15) is 0 Å². The molecule has 0 aliphatic rings. The van der Waals surface area contributed by atoms with Crippen molar-refractivity contribution in [3.63, 3.8) is 0 Å². The molecule has 0 aliphatic heterocycles. The van der Waals surface area contributed by atoms with Crippen LogP contribution in [0.1, 0.15) is 55.8 Å². The van der Waals surface area contributed by atoms with E-state index in [1.807, 2.05) is 22.6 Å². The van der Waals surface area contributed by atoms with Gasteiger partial charge in [-0.15, -0.1) is 0 Å². The minimum absolute atomic E-state index is 0.0591. The van der Waals surface area contributed by atoms with Gasteiger partial charge >= 0.3 is 0 Å². The molecule has 0 saturated carbocycles. The molecule has 1 aromatic heterocycles. The molecule has 4 nitrogen and oxygen atoms in total. The molecule has 0 aliphatic carbocycles. The topological polar surface area (TPSA) is 38.1 Å². The lowest BCUT2D eigenvalue weighted by Crippen LogP contribution is -2.38. The molecule has 4 heteroatoms. The predicted molar refractivity (Wildman–Crippen MR) is 113 cm³/mol. The van der Waals surface area contributed by atoms with Gasteiger partial charge in [-0.25, -0.2) is 0 Å². The number of benzene rings is 1. The van der Waals surface area contributed by atoms with E-state index in [1.165, 1.54) is 11.1 Å². The fourth-order valence-electron chi connectivity index (χ4n) is 3.17. The van der Waals surface area contributed by atoms with Crippen molar-refractivity contribution in [2.24, 2.45) is 5.92 Å². The second-order valence-electron chi connectivity index (χ2n) is 8.04. The highest BCUT2D eigenvalue weighted by molar-refractivity contribution is 5.92. The molecule has 27 heavy (non-hydrogen) atoms. The molecular formula is C23H33N3O. The van der Waals surface area contributed by atoms with E-state index in [-0.39, 0.29) is 11.9 Å². The number of carbonyl (C=O) groups excluding carboxylic acids is 1. The number of hydrogen-bond donors (Lipinski definition) is 0. The van der Waals surface area contributed by atoms with Crippen molar-refractivity contribution < 1.29 is 4.79 Å². The standard InChI is InChI=1S/C23H33N3O/c1-16(2)14-25(17(3)4)23(27)13-12-22-19(6)24-26(20(22)7)15-21-10-8-18(5)9-11-21/h8-13,16-17H,14-15H2,1-7H3/b13-12+. The summed E-state index contributed by atoms with van der Waals surface area (Å²) in [6, 6.07) is 8.70. The van der Waals surface area contributed by atoms with Crippen LogP contribution >= 0.6 is 0 Å². The highest BCUT2D eigenvalue weighted by Crippen LogP contribution is 2.17. The molecule has 0 fully saturated rings. The second kappa shape index (κ2) is 9.03. The fraction of sp³-hybridized carbons (Fsp3) is 0.478. The molecule has 146 valence electrons. The zero-order chi connectivity index (χ0) is 20.1. The Labute approximate surface area is 163 Å². The van der Waals surface area contributed by atoms with Gasteiger partial charge in [-0.05, 0) is 52.2 Å². The number of nitrogens with zero attached hydrogens (tertiary/aromatic N) is 3. The normalized spacial score (nSPS) is 11.7. The summed E-state index contributed by atoms with van der Waals surface area (Å²) in [6.45, 7) is 16.0. The fourth-order valence-corrected chi connectivity index (χ4v) is 3.17. The number of hydrogen-bond acceptors (Lipinski definition) is 2. The van der Waals surface area contributed by atoms with Gasteiger partial charge in [0.15, 0.2) is 0 Å².